The van der Waals surface area contributed by atoms with Crippen LogP contribution in [0.5, 0.6) is 0 Å². The van der Waals surface area contributed by atoms with E-state index in [0.717, 1.165) is 57.4 Å². The van der Waals surface area contributed by atoms with Crippen LogP contribution in [0.25, 0.3) is 0 Å². The second-order valence-electron chi connectivity index (χ2n) is 7.95. The van der Waals surface area contributed by atoms with Gasteiger partial charge in [-0.05, 0) is 71.4 Å². The van der Waals surface area contributed by atoms with Crippen molar-refractivity contribution in [3.05, 3.63) is 0 Å². The van der Waals surface area contributed by atoms with Gasteiger partial charge in [-0.1, -0.05) is 6.42 Å². The second-order valence-corrected chi connectivity index (χ2v) is 7.95. The molecular weight excluding hydrogens is 326 g/mol. The molecule has 2 saturated heterocycles. The van der Waals surface area contributed by atoms with Crippen molar-refractivity contribution in [2.75, 3.05) is 39.3 Å². The molecule has 2 atom stereocenters. The van der Waals surface area contributed by atoms with Crippen LogP contribution < -0.4 is 11.1 Å². The van der Waals surface area contributed by atoms with Gasteiger partial charge < -0.3 is 20.9 Å². The first-order chi connectivity index (χ1) is 12.6. The van der Waals surface area contributed by atoms with Crippen molar-refractivity contribution in [2.45, 2.75) is 71.3 Å². The van der Waals surface area contributed by atoms with E-state index in [2.05, 4.69) is 29.0 Å². The van der Waals surface area contributed by atoms with E-state index in [4.69, 9.17) is 10.7 Å². The van der Waals surface area contributed by atoms with Crippen molar-refractivity contribution in [3.63, 3.8) is 0 Å². The Labute approximate surface area is 159 Å². The number of rotatable bonds is 8. The molecule has 0 aromatic heterocycles. The number of hydrogen-bond acceptors (Lipinski definition) is 3. The topological polar surface area (TPSA) is 74.0 Å². The first-order valence-corrected chi connectivity index (χ1v) is 10.7. The van der Waals surface area contributed by atoms with Crippen LogP contribution in [0.4, 0.5) is 0 Å². The highest BCUT2D eigenvalue weighted by atomic mass is 16.1. The summed E-state index contributed by atoms with van der Waals surface area (Å²) in [5.74, 6) is 1.18. The molecule has 2 aliphatic heterocycles. The number of hydrogen-bond donors (Lipinski definition) is 2. The zero-order valence-electron chi connectivity index (χ0n) is 16.9. The molecule has 6 heteroatoms. The molecule has 0 saturated carbocycles. The van der Waals surface area contributed by atoms with E-state index in [0.29, 0.717) is 12.3 Å². The van der Waals surface area contributed by atoms with Crippen molar-refractivity contribution < 1.29 is 4.79 Å². The minimum Gasteiger partial charge on any atom is -0.370 e. The molecule has 0 bridgehead atoms. The monoisotopic (exact) mass is 365 g/mol. The highest BCUT2D eigenvalue weighted by Gasteiger charge is 2.23. The van der Waals surface area contributed by atoms with Crippen LogP contribution in [0.2, 0.25) is 0 Å². The lowest BCUT2D eigenvalue weighted by Crippen LogP contribution is -2.47. The van der Waals surface area contributed by atoms with Crippen LogP contribution in [-0.4, -0.2) is 67.0 Å². The molecule has 26 heavy (non-hydrogen) atoms. The van der Waals surface area contributed by atoms with Gasteiger partial charge >= 0.3 is 0 Å². The third kappa shape index (κ3) is 7.14. The largest absolute Gasteiger partial charge is 0.370 e. The molecule has 0 aliphatic carbocycles. The molecule has 2 rings (SSSR count). The summed E-state index contributed by atoms with van der Waals surface area (Å²) in [6.07, 6.45) is 9.14. The average molecular weight is 366 g/mol. The predicted molar refractivity (Wildman–Crippen MR) is 108 cm³/mol. The molecule has 6 nitrogen and oxygen atoms in total. The molecule has 0 radical (unpaired) electrons. The number of piperidine rings is 2. The number of carbonyl (C=O) groups is 1. The Morgan fingerprint density at radius 3 is 2.77 bits per heavy atom. The summed E-state index contributed by atoms with van der Waals surface area (Å²) in [5.41, 5.74) is 5.38. The molecule has 0 spiro atoms. The quantitative estimate of drug-likeness (QED) is 0.393. The maximum Gasteiger partial charge on any atom is 0.217 e. The van der Waals surface area contributed by atoms with Crippen molar-refractivity contribution in [3.8, 4) is 0 Å². The standard InChI is InChI=1S/C20H39N5O/c1-3-22-20(25-14-8-10-18(16-25)15-19(21)26)23-11-5-7-13-24-12-6-4-9-17(24)2/h17-18H,3-16H2,1-2H3,(H2,21,26)(H,22,23). The van der Waals surface area contributed by atoms with Gasteiger partial charge in [0.05, 0.1) is 0 Å². The maximum absolute atomic E-state index is 11.2. The van der Waals surface area contributed by atoms with Gasteiger partial charge in [0.2, 0.25) is 5.91 Å². The lowest BCUT2D eigenvalue weighted by Gasteiger charge is -2.34. The molecule has 2 fully saturated rings. The van der Waals surface area contributed by atoms with Gasteiger partial charge in [0, 0.05) is 38.6 Å². The Bertz CT molecular complexity index is 453. The Morgan fingerprint density at radius 1 is 1.19 bits per heavy atom. The van der Waals surface area contributed by atoms with E-state index in [9.17, 15) is 4.79 Å². The fraction of sp³-hybridized carbons (Fsp3) is 0.900. The van der Waals surface area contributed by atoms with E-state index in [1.165, 1.54) is 38.8 Å². The van der Waals surface area contributed by atoms with E-state index >= 15 is 0 Å². The number of nitrogens with two attached hydrogens (primary N) is 1. The molecule has 3 N–H and O–H groups in total. The first-order valence-electron chi connectivity index (χ1n) is 10.7. The summed E-state index contributed by atoms with van der Waals surface area (Å²) in [5, 5.41) is 3.42. The fourth-order valence-electron chi connectivity index (χ4n) is 4.24. The number of aliphatic imine (C=N–C) groups is 1. The number of guanidine groups is 1. The summed E-state index contributed by atoms with van der Waals surface area (Å²) in [6, 6.07) is 0.750. The predicted octanol–water partition coefficient (Wildman–Crippen LogP) is 2.19. The maximum atomic E-state index is 11.2. The summed E-state index contributed by atoms with van der Waals surface area (Å²) in [6.45, 7) is 10.6. The van der Waals surface area contributed by atoms with E-state index in [1.807, 2.05) is 0 Å². The third-order valence-corrected chi connectivity index (χ3v) is 5.70. The number of nitrogens with one attached hydrogen (secondary N) is 1. The van der Waals surface area contributed by atoms with Crippen molar-refractivity contribution in [1.82, 2.24) is 15.1 Å². The zero-order chi connectivity index (χ0) is 18.8. The molecule has 0 aromatic rings. The number of primary amides is 1. The smallest absolute Gasteiger partial charge is 0.217 e. The van der Waals surface area contributed by atoms with Crippen LogP contribution in [-0.2, 0) is 4.79 Å². The van der Waals surface area contributed by atoms with Crippen molar-refractivity contribution in [2.24, 2.45) is 16.6 Å². The van der Waals surface area contributed by atoms with Crippen molar-refractivity contribution in [1.29, 1.82) is 0 Å². The number of amides is 1. The van der Waals surface area contributed by atoms with Gasteiger partial charge in [-0.15, -0.1) is 0 Å². The van der Waals surface area contributed by atoms with Gasteiger partial charge in [0.1, 0.15) is 0 Å². The highest BCUT2D eigenvalue weighted by Crippen LogP contribution is 2.19. The van der Waals surface area contributed by atoms with E-state index < -0.39 is 0 Å². The normalized spacial score (nSPS) is 25.3. The van der Waals surface area contributed by atoms with Gasteiger partial charge in [0.25, 0.3) is 0 Å². The molecule has 2 unspecified atom stereocenters. The van der Waals surface area contributed by atoms with Crippen LogP contribution in [0.1, 0.15) is 65.2 Å². The molecular formula is C20H39N5O. The zero-order valence-corrected chi connectivity index (χ0v) is 16.9. The summed E-state index contributed by atoms with van der Waals surface area (Å²) in [4.78, 5) is 21.0. The van der Waals surface area contributed by atoms with Crippen LogP contribution in [0.15, 0.2) is 4.99 Å². The molecule has 2 heterocycles. The minimum absolute atomic E-state index is 0.189. The molecule has 1 amide bonds. The van der Waals surface area contributed by atoms with Gasteiger partial charge in [-0.25, -0.2) is 0 Å². The highest BCUT2D eigenvalue weighted by molar-refractivity contribution is 5.80. The van der Waals surface area contributed by atoms with E-state index in [-0.39, 0.29) is 5.91 Å². The number of carbonyl (C=O) groups excluding carboxylic acids is 1. The lowest BCUT2D eigenvalue weighted by molar-refractivity contribution is -0.119. The average Bonchev–Trinajstić information content (AvgIpc) is 2.61. The Balaban J connectivity index is 1.75. The van der Waals surface area contributed by atoms with E-state index in [1.54, 1.807) is 0 Å². The lowest BCUT2D eigenvalue weighted by atomic mass is 9.95. The SMILES string of the molecule is CCNC(=NCCCCN1CCCCC1C)N1CCCC(CC(N)=O)C1. The fourth-order valence-corrected chi connectivity index (χ4v) is 4.24. The summed E-state index contributed by atoms with van der Waals surface area (Å²) in [7, 11) is 0. The Kier molecular flexibility index (Phi) is 9.23. The third-order valence-electron chi connectivity index (χ3n) is 5.70. The molecule has 2 aliphatic rings. The Morgan fingerprint density at radius 2 is 2.04 bits per heavy atom. The second kappa shape index (κ2) is 11.4. The molecule has 0 aromatic carbocycles. The molecule has 150 valence electrons. The van der Waals surface area contributed by atoms with Gasteiger partial charge in [-0.2, -0.15) is 0 Å². The number of likely N-dealkylation sites (tertiary alicyclic amines) is 2. The minimum atomic E-state index is -0.189. The van der Waals surface area contributed by atoms with Crippen molar-refractivity contribution >= 4 is 11.9 Å². The van der Waals surface area contributed by atoms with Gasteiger partial charge in [0.15, 0.2) is 5.96 Å². The number of unbranched alkanes of at least 4 members (excludes halogenated alkanes) is 1. The van der Waals surface area contributed by atoms with Gasteiger partial charge in [-0.3, -0.25) is 9.79 Å². The number of nitrogens with zero attached hydrogens (tertiary/aromatic N) is 3. The van der Waals surface area contributed by atoms with Crippen LogP contribution in [0, 0.1) is 5.92 Å². The van der Waals surface area contributed by atoms with Crippen LogP contribution >= 0.6 is 0 Å². The first kappa shape index (κ1) is 21.0. The van der Waals surface area contributed by atoms with Crippen LogP contribution in [0.3, 0.4) is 0 Å². The Hall–Kier alpha value is -1.30. The summed E-state index contributed by atoms with van der Waals surface area (Å²) < 4.78 is 0. The summed E-state index contributed by atoms with van der Waals surface area (Å²) >= 11 is 0.